The number of thiophene rings is 1. The van der Waals surface area contributed by atoms with Gasteiger partial charge in [0.1, 0.15) is 5.41 Å². The molecule has 1 amide bonds. The summed E-state index contributed by atoms with van der Waals surface area (Å²) in [6.45, 7) is 2.85. The molecule has 1 saturated heterocycles. The number of methoxy groups -OCH3 is 1. The molecular formula is C14H19NO4S. The van der Waals surface area contributed by atoms with Crippen LogP contribution in [0.3, 0.4) is 0 Å². The van der Waals surface area contributed by atoms with E-state index in [1.807, 2.05) is 17.7 Å². The molecule has 0 aromatic carbocycles. The van der Waals surface area contributed by atoms with E-state index in [0.717, 1.165) is 5.56 Å². The maximum absolute atomic E-state index is 12.5. The van der Waals surface area contributed by atoms with Crippen LogP contribution in [0.1, 0.15) is 28.8 Å². The van der Waals surface area contributed by atoms with Crippen molar-refractivity contribution in [3.8, 4) is 0 Å². The molecule has 0 bridgehead atoms. The zero-order valence-electron chi connectivity index (χ0n) is 11.7. The van der Waals surface area contributed by atoms with Crippen LogP contribution in [-0.2, 0) is 9.53 Å². The number of aryl methyl sites for hydroxylation is 1. The first-order chi connectivity index (χ1) is 9.50. The first-order valence-corrected chi connectivity index (χ1v) is 7.49. The predicted molar refractivity (Wildman–Crippen MR) is 76.1 cm³/mol. The Morgan fingerprint density at radius 3 is 2.80 bits per heavy atom. The van der Waals surface area contributed by atoms with Gasteiger partial charge in [-0.05, 0) is 30.7 Å². The maximum Gasteiger partial charge on any atom is 0.313 e. The Labute approximate surface area is 122 Å². The molecule has 1 fully saturated rings. The van der Waals surface area contributed by atoms with Gasteiger partial charge in [-0.25, -0.2) is 0 Å². The van der Waals surface area contributed by atoms with Crippen molar-refractivity contribution in [2.24, 2.45) is 5.41 Å². The highest BCUT2D eigenvalue weighted by atomic mass is 32.1. The summed E-state index contributed by atoms with van der Waals surface area (Å²) in [5.41, 5.74) is 0.638. The zero-order chi connectivity index (χ0) is 14.8. The third-order valence-corrected chi connectivity index (χ3v) is 4.69. The Kier molecular flexibility index (Phi) is 4.45. The summed E-state index contributed by atoms with van der Waals surface area (Å²) < 4.78 is 5.07. The molecule has 1 aliphatic rings. The van der Waals surface area contributed by atoms with Crippen molar-refractivity contribution in [3.63, 3.8) is 0 Å². The van der Waals surface area contributed by atoms with Crippen LogP contribution in [0.5, 0.6) is 0 Å². The maximum atomic E-state index is 12.5. The smallest absolute Gasteiger partial charge is 0.313 e. The van der Waals surface area contributed by atoms with Gasteiger partial charge in [-0.3, -0.25) is 9.59 Å². The van der Waals surface area contributed by atoms with Crippen LogP contribution in [0.4, 0.5) is 0 Å². The van der Waals surface area contributed by atoms with Crippen LogP contribution < -0.4 is 0 Å². The third kappa shape index (κ3) is 2.71. The number of carbonyl (C=O) groups is 2. The molecule has 2 rings (SSSR count). The fourth-order valence-electron chi connectivity index (χ4n) is 2.69. The van der Waals surface area contributed by atoms with Crippen LogP contribution >= 0.6 is 11.3 Å². The SMILES string of the molecule is COCC1(C(=O)O)CCCN(C(=O)c2cscc2C)C1. The summed E-state index contributed by atoms with van der Waals surface area (Å²) in [7, 11) is 1.49. The minimum absolute atomic E-state index is 0.0785. The van der Waals surface area contributed by atoms with Crippen LogP contribution in [0.25, 0.3) is 0 Å². The number of hydrogen-bond acceptors (Lipinski definition) is 4. The van der Waals surface area contributed by atoms with E-state index in [-0.39, 0.29) is 19.1 Å². The molecule has 1 unspecified atom stereocenters. The van der Waals surface area contributed by atoms with Crippen molar-refractivity contribution in [2.75, 3.05) is 26.8 Å². The van der Waals surface area contributed by atoms with Crippen molar-refractivity contribution in [2.45, 2.75) is 19.8 Å². The molecule has 0 saturated carbocycles. The standard InChI is InChI=1S/C14H19NO4S/c1-10-6-20-7-11(10)12(16)15-5-3-4-14(8-15,9-19-2)13(17)18/h6-7H,3-5,8-9H2,1-2H3,(H,17,18). The number of rotatable bonds is 4. The van der Waals surface area contributed by atoms with Gasteiger partial charge in [0.25, 0.3) is 5.91 Å². The van der Waals surface area contributed by atoms with Gasteiger partial charge in [0.2, 0.25) is 0 Å². The summed E-state index contributed by atoms with van der Waals surface area (Å²) in [4.78, 5) is 25.7. The topological polar surface area (TPSA) is 66.8 Å². The molecule has 1 aromatic heterocycles. The van der Waals surface area contributed by atoms with E-state index in [9.17, 15) is 14.7 Å². The van der Waals surface area contributed by atoms with Gasteiger partial charge >= 0.3 is 5.97 Å². The normalized spacial score (nSPS) is 22.8. The second-order valence-electron chi connectivity index (χ2n) is 5.32. The minimum atomic E-state index is -0.980. The molecule has 1 N–H and O–H groups in total. The average molecular weight is 297 g/mol. The lowest BCUT2D eigenvalue weighted by molar-refractivity contribution is -0.155. The van der Waals surface area contributed by atoms with Crippen molar-refractivity contribution in [3.05, 3.63) is 21.9 Å². The lowest BCUT2D eigenvalue weighted by Crippen LogP contribution is -2.52. The summed E-state index contributed by atoms with van der Waals surface area (Å²) in [5.74, 6) is -0.968. The fourth-order valence-corrected chi connectivity index (χ4v) is 3.51. The van der Waals surface area contributed by atoms with Gasteiger partial charge in [0.05, 0.1) is 12.2 Å². The van der Waals surface area contributed by atoms with E-state index in [1.54, 1.807) is 4.90 Å². The van der Waals surface area contributed by atoms with Crippen LogP contribution in [0.2, 0.25) is 0 Å². The number of amides is 1. The number of carboxylic acids is 1. The van der Waals surface area contributed by atoms with Gasteiger partial charge in [-0.1, -0.05) is 0 Å². The number of likely N-dealkylation sites (tertiary alicyclic amines) is 1. The monoisotopic (exact) mass is 297 g/mol. The highest BCUT2D eigenvalue weighted by Crippen LogP contribution is 2.32. The Balaban J connectivity index is 2.20. The molecular weight excluding hydrogens is 278 g/mol. The fraction of sp³-hybridized carbons (Fsp3) is 0.571. The summed E-state index contributed by atoms with van der Waals surface area (Å²) in [6, 6.07) is 0. The molecule has 0 spiro atoms. The predicted octanol–water partition coefficient (Wildman–Crippen LogP) is 2.01. The van der Waals surface area contributed by atoms with Crippen molar-refractivity contribution >= 4 is 23.2 Å². The highest BCUT2D eigenvalue weighted by Gasteiger charge is 2.44. The second kappa shape index (κ2) is 5.93. The quantitative estimate of drug-likeness (QED) is 0.923. The van der Waals surface area contributed by atoms with E-state index >= 15 is 0 Å². The third-order valence-electron chi connectivity index (χ3n) is 3.82. The van der Waals surface area contributed by atoms with Crippen molar-refractivity contribution in [1.82, 2.24) is 4.90 Å². The summed E-state index contributed by atoms with van der Waals surface area (Å²) in [5, 5.41) is 13.2. The van der Waals surface area contributed by atoms with Crippen molar-refractivity contribution < 1.29 is 19.4 Å². The lowest BCUT2D eigenvalue weighted by atomic mass is 9.80. The number of hydrogen-bond donors (Lipinski definition) is 1. The van der Waals surface area contributed by atoms with Crippen LogP contribution in [0, 0.1) is 12.3 Å². The van der Waals surface area contributed by atoms with Gasteiger partial charge in [0, 0.05) is 25.6 Å². The molecule has 2 heterocycles. The molecule has 0 radical (unpaired) electrons. The minimum Gasteiger partial charge on any atom is -0.481 e. The average Bonchev–Trinajstić information content (AvgIpc) is 2.84. The number of carboxylic acid groups (broad SMARTS) is 1. The van der Waals surface area contributed by atoms with Crippen LogP contribution in [0.15, 0.2) is 10.8 Å². The molecule has 0 aliphatic carbocycles. The number of aliphatic carboxylic acids is 1. The first kappa shape index (κ1) is 15.0. The van der Waals surface area contributed by atoms with E-state index < -0.39 is 11.4 Å². The molecule has 5 nitrogen and oxygen atoms in total. The lowest BCUT2D eigenvalue weighted by Gasteiger charge is -2.39. The first-order valence-electron chi connectivity index (χ1n) is 6.54. The molecule has 1 aromatic rings. The van der Waals surface area contributed by atoms with E-state index in [4.69, 9.17) is 4.74 Å². The highest BCUT2D eigenvalue weighted by molar-refractivity contribution is 7.08. The number of ether oxygens (including phenoxy) is 1. The Morgan fingerprint density at radius 1 is 1.50 bits per heavy atom. The number of nitrogens with zero attached hydrogens (tertiary/aromatic N) is 1. The molecule has 6 heteroatoms. The zero-order valence-corrected chi connectivity index (χ0v) is 12.5. The van der Waals surface area contributed by atoms with Gasteiger partial charge in [-0.2, -0.15) is 11.3 Å². The number of piperidine rings is 1. The molecule has 110 valence electrons. The Morgan fingerprint density at radius 2 is 2.25 bits per heavy atom. The van der Waals surface area contributed by atoms with E-state index in [2.05, 4.69) is 0 Å². The van der Waals surface area contributed by atoms with Gasteiger partial charge in [-0.15, -0.1) is 0 Å². The molecule has 20 heavy (non-hydrogen) atoms. The largest absolute Gasteiger partial charge is 0.481 e. The second-order valence-corrected chi connectivity index (χ2v) is 6.06. The van der Waals surface area contributed by atoms with Crippen molar-refractivity contribution in [1.29, 1.82) is 0 Å². The van der Waals surface area contributed by atoms with Gasteiger partial charge < -0.3 is 14.7 Å². The summed E-state index contributed by atoms with van der Waals surface area (Å²) >= 11 is 1.49. The Hall–Kier alpha value is -1.40. The Bertz CT molecular complexity index is 509. The molecule has 1 atom stereocenters. The van der Waals surface area contributed by atoms with Gasteiger partial charge in [0.15, 0.2) is 0 Å². The number of carbonyl (C=O) groups excluding carboxylic acids is 1. The van der Waals surface area contributed by atoms with E-state index in [1.165, 1.54) is 18.4 Å². The molecule has 1 aliphatic heterocycles. The van der Waals surface area contributed by atoms with Crippen LogP contribution in [-0.4, -0.2) is 48.7 Å². The van der Waals surface area contributed by atoms with E-state index in [0.29, 0.717) is 24.9 Å². The summed E-state index contributed by atoms with van der Waals surface area (Å²) in [6.07, 6.45) is 1.23.